The first-order valence-corrected chi connectivity index (χ1v) is 4.94. The summed E-state index contributed by atoms with van der Waals surface area (Å²) < 4.78 is 18.7. The van der Waals surface area contributed by atoms with Crippen LogP contribution in [0.25, 0.3) is 0 Å². The van der Waals surface area contributed by atoms with Crippen LogP contribution >= 0.6 is 15.9 Å². The molecule has 0 aromatic heterocycles. The number of hydrogen-bond acceptors (Lipinski definition) is 2. The molecule has 1 rings (SSSR count). The number of ether oxygens (including phenoxy) is 1. The first-order chi connectivity index (χ1) is 6.54. The smallest absolute Gasteiger partial charge is 0.153 e. The summed E-state index contributed by atoms with van der Waals surface area (Å²) in [7, 11) is 0. The van der Waals surface area contributed by atoms with E-state index in [4.69, 9.17) is 4.74 Å². The van der Waals surface area contributed by atoms with Gasteiger partial charge in [0.05, 0.1) is 16.1 Å². The van der Waals surface area contributed by atoms with Crippen LogP contribution in [0.5, 0.6) is 5.75 Å². The molecule has 14 heavy (non-hydrogen) atoms. The van der Waals surface area contributed by atoms with Gasteiger partial charge < -0.3 is 4.74 Å². The van der Waals surface area contributed by atoms with Crippen LogP contribution in [0.2, 0.25) is 0 Å². The van der Waals surface area contributed by atoms with Gasteiger partial charge in [0.2, 0.25) is 0 Å². The first-order valence-electron chi connectivity index (χ1n) is 4.15. The Morgan fingerprint density at radius 1 is 1.50 bits per heavy atom. The molecule has 0 aliphatic rings. The predicted octanol–water partition coefficient (Wildman–Crippen LogP) is 3.19. The molecule has 0 atom stereocenters. The zero-order valence-electron chi connectivity index (χ0n) is 7.88. The van der Waals surface area contributed by atoms with E-state index in [0.717, 1.165) is 6.07 Å². The van der Waals surface area contributed by atoms with Crippen LogP contribution in [0.3, 0.4) is 0 Å². The van der Waals surface area contributed by atoms with Gasteiger partial charge in [-0.15, -0.1) is 0 Å². The van der Waals surface area contributed by atoms with Crippen molar-refractivity contribution in [2.24, 2.45) is 0 Å². The van der Waals surface area contributed by atoms with E-state index in [2.05, 4.69) is 15.9 Å². The maximum absolute atomic E-state index is 12.9. The van der Waals surface area contributed by atoms with E-state index < -0.39 is 5.82 Å². The fourth-order valence-electron chi connectivity index (χ4n) is 1.03. The summed E-state index contributed by atoms with van der Waals surface area (Å²) in [5.41, 5.74) is 0.213. The highest BCUT2D eigenvalue weighted by Gasteiger charge is 2.11. The van der Waals surface area contributed by atoms with Gasteiger partial charge in [-0.1, -0.05) is 0 Å². The molecule has 0 saturated carbocycles. The van der Waals surface area contributed by atoms with Gasteiger partial charge in [-0.3, -0.25) is 4.79 Å². The van der Waals surface area contributed by atoms with Crippen molar-refractivity contribution in [3.05, 3.63) is 28.0 Å². The van der Waals surface area contributed by atoms with Crippen molar-refractivity contribution in [3.8, 4) is 5.75 Å². The monoisotopic (exact) mass is 260 g/mol. The second-order valence-electron chi connectivity index (χ2n) is 3.09. The molecule has 0 saturated heterocycles. The Morgan fingerprint density at radius 3 is 2.64 bits per heavy atom. The lowest BCUT2D eigenvalue weighted by Crippen LogP contribution is -2.08. The highest BCUT2D eigenvalue weighted by molar-refractivity contribution is 9.10. The largest absolute Gasteiger partial charge is 0.489 e. The van der Waals surface area contributed by atoms with Crippen molar-refractivity contribution in [3.63, 3.8) is 0 Å². The molecular formula is C10H10BrFO2. The molecule has 0 unspecified atom stereocenters. The van der Waals surface area contributed by atoms with Crippen LogP contribution in [-0.4, -0.2) is 12.4 Å². The third-order valence-electron chi connectivity index (χ3n) is 1.52. The summed E-state index contributed by atoms with van der Waals surface area (Å²) in [6, 6.07) is 2.42. The van der Waals surface area contributed by atoms with Crippen molar-refractivity contribution < 1.29 is 13.9 Å². The van der Waals surface area contributed by atoms with Crippen LogP contribution in [0, 0.1) is 5.82 Å². The number of aldehydes is 1. The van der Waals surface area contributed by atoms with Gasteiger partial charge in [-0.05, 0) is 41.9 Å². The van der Waals surface area contributed by atoms with E-state index >= 15 is 0 Å². The van der Waals surface area contributed by atoms with Gasteiger partial charge in [-0.2, -0.15) is 0 Å². The second-order valence-corrected chi connectivity index (χ2v) is 3.94. The Kier molecular flexibility index (Phi) is 3.63. The van der Waals surface area contributed by atoms with Gasteiger partial charge in [0.25, 0.3) is 0 Å². The number of rotatable bonds is 3. The SMILES string of the molecule is CC(C)Oc1c(Br)cc(F)cc1C=O. The lowest BCUT2D eigenvalue weighted by atomic mass is 10.2. The molecule has 0 heterocycles. The van der Waals surface area contributed by atoms with Crippen molar-refractivity contribution in [1.29, 1.82) is 0 Å². The normalized spacial score (nSPS) is 10.4. The Hall–Kier alpha value is -0.900. The lowest BCUT2D eigenvalue weighted by Gasteiger charge is -2.13. The molecule has 0 N–H and O–H groups in total. The minimum absolute atomic E-state index is 0.0598. The van der Waals surface area contributed by atoms with Crippen molar-refractivity contribution in [2.75, 3.05) is 0 Å². The van der Waals surface area contributed by atoms with E-state index in [9.17, 15) is 9.18 Å². The number of carbonyl (C=O) groups is 1. The molecule has 1 aromatic rings. The molecule has 0 fully saturated rings. The van der Waals surface area contributed by atoms with E-state index in [1.807, 2.05) is 13.8 Å². The molecule has 0 aliphatic carbocycles. The molecule has 0 amide bonds. The Labute approximate surface area is 90.2 Å². The number of benzene rings is 1. The van der Waals surface area contributed by atoms with Crippen LogP contribution in [0.1, 0.15) is 24.2 Å². The summed E-state index contributed by atoms with van der Waals surface area (Å²) in [5.74, 6) is -0.0773. The maximum Gasteiger partial charge on any atom is 0.153 e. The van der Waals surface area contributed by atoms with Crippen LogP contribution < -0.4 is 4.74 Å². The van der Waals surface area contributed by atoms with Crippen molar-refractivity contribution in [1.82, 2.24) is 0 Å². The fourth-order valence-corrected chi connectivity index (χ4v) is 1.57. The summed E-state index contributed by atoms with van der Waals surface area (Å²) in [5, 5.41) is 0. The van der Waals surface area contributed by atoms with E-state index in [-0.39, 0.29) is 11.7 Å². The standard InChI is InChI=1S/C10H10BrFO2/c1-6(2)14-10-7(5-13)3-8(12)4-9(10)11/h3-6H,1-2H3. The third kappa shape index (κ3) is 2.54. The summed E-state index contributed by atoms with van der Waals surface area (Å²) in [6.45, 7) is 3.68. The highest BCUT2D eigenvalue weighted by Crippen LogP contribution is 2.30. The minimum atomic E-state index is -0.463. The zero-order valence-corrected chi connectivity index (χ0v) is 9.47. The van der Waals surface area contributed by atoms with Crippen LogP contribution in [0.4, 0.5) is 4.39 Å². The molecule has 0 aliphatic heterocycles. The number of carbonyl (C=O) groups excluding carboxylic acids is 1. The Balaban J connectivity index is 3.18. The van der Waals surface area contributed by atoms with Crippen LogP contribution in [0.15, 0.2) is 16.6 Å². The fraction of sp³-hybridized carbons (Fsp3) is 0.300. The number of hydrogen-bond donors (Lipinski definition) is 0. The van der Waals surface area contributed by atoms with Crippen LogP contribution in [-0.2, 0) is 0 Å². The zero-order chi connectivity index (χ0) is 10.7. The minimum Gasteiger partial charge on any atom is -0.489 e. The van der Waals surface area contributed by atoms with E-state index in [1.165, 1.54) is 6.07 Å². The molecule has 0 bridgehead atoms. The van der Waals surface area contributed by atoms with Gasteiger partial charge in [0.15, 0.2) is 6.29 Å². The Bertz CT molecular complexity index is 350. The molecule has 76 valence electrons. The van der Waals surface area contributed by atoms with Gasteiger partial charge in [0.1, 0.15) is 11.6 Å². The quantitative estimate of drug-likeness (QED) is 0.781. The molecular weight excluding hydrogens is 251 g/mol. The van der Waals surface area contributed by atoms with Gasteiger partial charge in [-0.25, -0.2) is 4.39 Å². The van der Waals surface area contributed by atoms with Crippen molar-refractivity contribution >= 4 is 22.2 Å². The van der Waals surface area contributed by atoms with E-state index in [1.54, 1.807) is 0 Å². The lowest BCUT2D eigenvalue weighted by molar-refractivity contribution is 0.111. The molecule has 4 heteroatoms. The summed E-state index contributed by atoms with van der Waals surface area (Å²) in [6.07, 6.45) is 0.515. The second kappa shape index (κ2) is 4.55. The highest BCUT2D eigenvalue weighted by atomic mass is 79.9. The summed E-state index contributed by atoms with van der Waals surface area (Å²) >= 11 is 3.14. The van der Waals surface area contributed by atoms with Crippen molar-refractivity contribution in [2.45, 2.75) is 20.0 Å². The van der Waals surface area contributed by atoms with Gasteiger partial charge in [0, 0.05) is 0 Å². The van der Waals surface area contributed by atoms with E-state index in [0.29, 0.717) is 16.5 Å². The maximum atomic E-state index is 12.9. The average molecular weight is 261 g/mol. The molecule has 0 radical (unpaired) electrons. The predicted molar refractivity (Wildman–Crippen MR) is 55.3 cm³/mol. The molecule has 0 spiro atoms. The summed E-state index contributed by atoms with van der Waals surface area (Å²) in [4.78, 5) is 10.6. The Morgan fingerprint density at radius 2 is 2.14 bits per heavy atom. The third-order valence-corrected chi connectivity index (χ3v) is 2.11. The molecule has 2 nitrogen and oxygen atoms in total. The number of halogens is 2. The average Bonchev–Trinajstić information content (AvgIpc) is 2.08. The molecule has 1 aromatic carbocycles. The first kappa shape index (κ1) is 11.2. The van der Waals surface area contributed by atoms with Gasteiger partial charge >= 0.3 is 0 Å². The topological polar surface area (TPSA) is 26.3 Å².